The summed E-state index contributed by atoms with van der Waals surface area (Å²) in [6.45, 7) is 1.86. The molecule has 2 aromatic rings. The van der Waals surface area contributed by atoms with Crippen molar-refractivity contribution in [3.63, 3.8) is 0 Å². The molecule has 2 nitrogen and oxygen atoms in total. The molecule has 0 aliphatic heterocycles. The zero-order chi connectivity index (χ0) is 10.3. The van der Waals surface area contributed by atoms with Gasteiger partial charge >= 0.3 is 5.15 Å². The minimum absolute atomic E-state index is 0.0217. The highest BCUT2D eigenvalue weighted by atomic mass is 35.5. The van der Waals surface area contributed by atoms with Crippen LogP contribution in [0.2, 0.25) is 10.2 Å². The predicted molar refractivity (Wildman–Crippen MR) is 57.7 cm³/mol. The summed E-state index contributed by atoms with van der Waals surface area (Å²) in [5.74, 6) is 0. The number of fused-ring (bicyclic) bond motifs is 1. The van der Waals surface area contributed by atoms with Gasteiger partial charge in [0, 0.05) is 10.9 Å². The van der Waals surface area contributed by atoms with E-state index in [0.717, 1.165) is 10.9 Å². The summed E-state index contributed by atoms with van der Waals surface area (Å²) in [6, 6.07) is 7.27. The lowest BCUT2D eigenvalue weighted by molar-refractivity contribution is -0.574. The fourth-order valence-corrected chi connectivity index (χ4v) is 1.80. The summed E-state index contributed by atoms with van der Waals surface area (Å²) in [6.07, 6.45) is 0. The maximum absolute atomic E-state index is 11.7. The molecule has 0 saturated heterocycles. The fraction of sp³-hybridized carbons (Fsp3) is 0.100. The Labute approximate surface area is 91.3 Å². The van der Waals surface area contributed by atoms with Gasteiger partial charge in [-0.15, -0.1) is 0 Å². The maximum atomic E-state index is 11.7. The van der Waals surface area contributed by atoms with Crippen LogP contribution in [0.5, 0.6) is 0 Å². The van der Waals surface area contributed by atoms with Crippen LogP contribution < -0.4 is 4.73 Å². The van der Waals surface area contributed by atoms with Gasteiger partial charge in [0.25, 0.3) is 0 Å². The van der Waals surface area contributed by atoms with Crippen LogP contribution in [0.15, 0.2) is 24.3 Å². The highest BCUT2D eigenvalue weighted by molar-refractivity contribution is 6.41. The monoisotopic (exact) mass is 227 g/mol. The van der Waals surface area contributed by atoms with E-state index in [-0.39, 0.29) is 10.2 Å². The molecule has 0 N–H and O–H groups in total. The zero-order valence-corrected chi connectivity index (χ0v) is 8.93. The third-order valence-electron chi connectivity index (χ3n) is 2.13. The van der Waals surface area contributed by atoms with Crippen LogP contribution >= 0.6 is 23.2 Å². The molecule has 2 rings (SSSR count). The first-order valence-corrected chi connectivity index (χ1v) is 4.84. The van der Waals surface area contributed by atoms with Gasteiger partial charge in [0.1, 0.15) is 5.02 Å². The molecule has 1 aromatic carbocycles. The van der Waals surface area contributed by atoms with Crippen LogP contribution in [-0.4, -0.2) is 0 Å². The molecule has 0 unspecified atom stereocenters. The Morgan fingerprint density at radius 1 is 1.29 bits per heavy atom. The van der Waals surface area contributed by atoms with E-state index in [9.17, 15) is 5.21 Å². The molecule has 0 fully saturated rings. The lowest BCUT2D eigenvalue weighted by Gasteiger charge is -2.06. The first-order valence-electron chi connectivity index (χ1n) is 4.08. The normalized spacial score (nSPS) is 10.8. The molecule has 72 valence electrons. The number of nitrogens with zero attached hydrogens (tertiary/aromatic N) is 1. The van der Waals surface area contributed by atoms with Crippen molar-refractivity contribution in [2.45, 2.75) is 6.92 Å². The van der Waals surface area contributed by atoms with Crippen molar-refractivity contribution < 1.29 is 4.73 Å². The number of aryl methyl sites for hydroxylation is 1. The van der Waals surface area contributed by atoms with Crippen molar-refractivity contribution in [3.8, 4) is 0 Å². The number of aromatic nitrogens is 1. The van der Waals surface area contributed by atoms with Crippen molar-refractivity contribution in [3.05, 3.63) is 45.2 Å². The summed E-state index contributed by atoms with van der Waals surface area (Å²) in [5.41, 5.74) is 1.46. The molecule has 0 atom stereocenters. The first-order chi connectivity index (χ1) is 6.61. The van der Waals surface area contributed by atoms with Crippen molar-refractivity contribution in [2.24, 2.45) is 0 Å². The van der Waals surface area contributed by atoms with E-state index in [1.165, 1.54) is 0 Å². The van der Waals surface area contributed by atoms with Crippen molar-refractivity contribution in [1.82, 2.24) is 0 Å². The Hall–Kier alpha value is -0.990. The Morgan fingerprint density at radius 2 is 2.00 bits per heavy atom. The van der Waals surface area contributed by atoms with E-state index in [1.54, 1.807) is 6.07 Å². The Bertz CT molecular complexity index is 511. The minimum atomic E-state index is 0.0217. The Balaban J connectivity index is 2.99. The summed E-state index contributed by atoms with van der Waals surface area (Å²) >= 11 is 11.5. The number of hydrogen-bond donors (Lipinski definition) is 0. The Kier molecular flexibility index (Phi) is 2.25. The van der Waals surface area contributed by atoms with E-state index < -0.39 is 0 Å². The van der Waals surface area contributed by atoms with Crippen LogP contribution in [0.4, 0.5) is 0 Å². The second kappa shape index (κ2) is 3.30. The summed E-state index contributed by atoms with van der Waals surface area (Å²) in [7, 11) is 0. The van der Waals surface area contributed by atoms with Gasteiger partial charge in [-0.1, -0.05) is 23.7 Å². The van der Waals surface area contributed by atoms with Crippen LogP contribution in [0.1, 0.15) is 5.56 Å². The van der Waals surface area contributed by atoms with Crippen molar-refractivity contribution in [1.29, 1.82) is 0 Å². The summed E-state index contributed by atoms with van der Waals surface area (Å²) in [4.78, 5) is 0. The number of hydrogen-bond acceptors (Lipinski definition) is 1. The van der Waals surface area contributed by atoms with Gasteiger partial charge in [-0.05, 0) is 30.7 Å². The van der Waals surface area contributed by atoms with Crippen LogP contribution in [0.25, 0.3) is 10.9 Å². The third kappa shape index (κ3) is 1.31. The highest BCUT2D eigenvalue weighted by Gasteiger charge is 2.14. The van der Waals surface area contributed by atoms with Crippen LogP contribution in [0.3, 0.4) is 0 Å². The second-order valence-corrected chi connectivity index (χ2v) is 3.86. The SMILES string of the molecule is Cc1cccc2cc(Cl)c(Cl)[n+]([O-])c12. The zero-order valence-electron chi connectivity index (χ0n) is 7.42. The highest BCUT2D eigenvalue weighted by Crippen LogP contribution is 2.24. The standard InChI is InChI=1S/C10H7Cl2NO/c1-6-3-2-4-7-5-8(11)10(12)13(14)9(6)7/h2-5H,1H3. The molecular weight excluding hydrogens is 221 g/mol. The molecule has 0 spiro atoms. The van der Waals surface area contributed by atoms with Gasteiger partial charge in [-0.3, -0.25) is 0 Å². The van der Waals surface area contributed by atoms with E-state index in [0.29, 0.717) is 10.2 Å². The third-order valence-corrected chi connectivity index (χ3v) is 2.87. The molecule has 1 heterocycles. The van der Waals surface area contributed by atoms with E-state index in [2.05, 4.69) is 0 Å². The second-order valence-electron chi connectivity index (χ2n) is 3.09. The van der Waals surface area contributed by atoms with Crippen LogP contribution in [-0.2, 0) is 0 Å². The van der Waals surface area contributed by atoms with Crippen molar-refractivity contribution in [2.75, 3.05) is 0 Å². The quantitative estimate of drug-likeness (QED) is 0.386. The largest absolute Gasteiger partial charge is 0.617 e. The van der Waals surface area contributed by atoms with E-state index in [4.69, 9.17) is 23.2 Å². The number of benzene rings is 1. The smallest absolute Gasteiger partial charge is 0.305 e. The minimum Gasteiger partial charge on any atom is -0.617 e. The van der Waals surface area contributed by atoms with Gasteiger partial charge in [0.2, 0.25) is 5.52 Å². The summed E-state index contributed by atoms with van der Waals surface area (Å²) in [5, 5.41) is 12.8. The van der Waals surface area contributed by atoms with Gasteiger partial charge in [0.05, 0.1) is 0 Å². The topological polar surface area (TPSA) is 26.9 Å². The molecule has 0 saturated carbocycles. The first kappa shape index (κ1) is 9.56. The molecule has 0 radical (unpaired) electrons. The summed E-state index contributed by atoms with van der Waals surface area (Å²) < 4.78 is 0.661. The molecule has 4 heteroatoms. The van der Waals surface area contributed by atoms with Crippen molar-refractivity contribution >= 4 is 34.1 Å². The molecule has 0 bridgehead atoms. The molecule has 0 aliphatic carbocycles. The molecule has 0 amide bonds. The fourth-order valence-electron chi connectivity index (χ4n) is 1.47. The number of para-hydroxylation sites is 1. The number of pyridine rings is 1. The van der Waals surface area contributed by atoms with Gasteiger partial charge in [-0.25, -0.2) is 0 Å². The number of halogens is 2. The Morgan fingerprint density at radius 3 is 2.71 bits per heavy atom. The van der Waals surface area contributed by atoms with E-state index >= 15 is 0 Å². The van der Waals surface area contributed by atoms with Crippen LogP contribution in [0, 0.1) is 12.1 Å². The lowest BCUT2D eigenvalue weighted by Crippen LogP contribution is -2.29. The maximum Gasteiger partial charge on any atom is 0.305 e. The van der Waals surface area contributed by atoms with Gasteiger partial charge < -0.3 is 5.21 Å². The molecule has 0 aliphatic rings. The van der Waals surface area contributed by atoms with Gasteiger partial charge in [0.15, 0.2) is 0 Å². The average Bonchev–Trinajstić information content (AvgIpc) is 2.14. The lowest BCUT2D eigenvalue weighted by atomic mass is 10.1. The molecule has 14 heavy (non-hydrogen) atoms. The molecule has 1 aromatic heterocycles. The number of rotatable bonds is 0. The molecular formula is C10H7Cl2NO. The average molecular weight is 228 g/mol. The predicted octanol–water partition coefficient (Wildman–Crippen LogP) is 3.09. The van der Waals surface area contributed by atoms with Gasteiger partial charge in [-0.2, -0.15) is 4.73 Å². The van der Waals surface area contributed by atoms with E-state index in [1.807, 2.05) is 25.1 Å².